The molecule has 2 aromatic rings. The number of hydrogen-bond acceptors (Lipinski definition) is 5. The highest BCUT2D eigenvalue weighted by Crippen LogP contribution is 2.46. The van der Waals surface area contributed by atoms with Gasteiger partial charge in [0, 0.05) is 6.08 Å². The molecule has 0 aliphatic heterocycles. The second-order valence-electron chi connectivity index (χ2n) is 4.70. The van der Waals surface area contributed by atoms with Crippen molar-refractivity contribution in [3.05, 3.63) is 72.8 Å². The molecule has 0 heterocycles. The Morgan fingerprint density at radius 3 is 2.38 bits per heavy atom. The van der Waals surface area contributed by atoms with E-state index in [1.807, 2.05) is 30.3 Å². The van der Waals surface area contributed by atoms with E-state index in [0.717, 1.165) is 11.6 Å². The number of rotatable bonds is 8. The topological polar surface area (TPSA) is 82.1 Å². The van der Waals surface area contributed by atoms with Gasteiger partial charge in [-0.1, -0.05) is 49.0 Å². The summed E-state index contributed by atoms with van der Waals surface area (Å²) in [6, 6.07) is 15.4. The summed E-state index contributed by atoms with van der Waals surface area (Å²) < 4.78 is 26.9. The van der Waals surface area contributed by atoms with Crippen molar-refractivity contribution in [1.82, 2.24) is 0 Å². The van der Waals surface area contributed by atoms with Crippen LogP contribution in [0.2, 0.25) is 0 Å². The van der Waals surface area contributed by atoms with Crippen LogP contribution in [0.15, 0.2) is 67.3 Å². The van der Waals surface area contributed by atoms with Crippen LogP contribution in [0, 0.1) is 0 Å². The number of esters is 1. The second-order valence-corrected chi connectivity index (χ2v) is 6.08. The van der Waals surface area contributed by atoms with Gasteiger partial charge in [0.15, 0.2) is 11.5 Å². The number of para-hydroxylation sites is 2. The number of ether oxygens (including phenoxy) is 1. The van der Waals surface area contributed by atoms with E-state index in [0.29, 0.717) is 6.42 Å². The van der Waals surface area contributed by atoms with Crippen molar-refractivity contribution in [2.24, 2.45) is 0 Å². The monoisotopic (exact) mass is 348 g/mol. The first kappa shape index (κ1) is 17.9. The zero-order valence-corrected chi connectivity index (χ0v) is 13.7. The van der Waals surface area contributed by atoms with Crippen LogP contribution in [0.1, 0.15) is 5.56 Å². The summed E-state index contributed by atoms with van der Waals surface area (Å²) >= 11 is 0. The minimum atomic E-state index is -4.35. The first-order valence-electron chi connectivity index (χ1n) is 7.14. The van der Waals surface area contributed by atoms with E-state index in [4.69, 9.17) is 13.8 Å². The van der Waals surface area contributed by atoms with Crippen LogP contribution in [0.4, 0.5) is 0 Å². The molecule has 2 rings (SSSR count). The van der Waals surface area contributed by atoms with Crippen molar-refractivity contribution >= 4 is 13.8 Å². The molecule has 0 bridgehead atoms. The lowest BCUT2D eigenvalue weighted by Crippen LogP contribution is -2.06. The maximum atomic E-state index is 12.0. The quantitative estimate of drug-likeness (QED) is 0.340. The van der Waals surface area contributed by atoms with Crippen LogP contribution >= 0.6 is 7.82 Å². The van der Waals surface area contributed by atoms with Crippen LogP contribution in [-0.4, -0.2) is 17.5 Å². The van der Waals surface area contributed by atoms with Crippen molar-refractivity contribution in [2.75, 3.05) is 6.61 Å². The predicted molar refractivity (Wildman–Crippen MR) is 88.8 cm³/mol. The third kappa shape index (κ3) is 5.66. The van der Waals surface area contributed by atoms with E-state index in [9.17, 15) is 14.3 Å². The molecule has 0 spiro atoms. The average Bonchev–Trinajstić information content (AvgIpc) is 2.57. The van der Waals surface area contributed by atoms with Gasteiger partial charge in [-0.15, -0.1) is 0 Å². The highest BCUT2D eigenvalue weighted by molar-refractivity contribution is 7.47. The Balaban J connectivity index is 1.97. The number of phosphoric acid groups is 1. The van der Waals surface area contributed by atoms with Gasteiger partial charge < -0.3 is 9.26 Å². The Labute approximate surface area is 139 Å². The van der Waals surface area contributed by atoms with Crippen molar-refractivity contribution in [2.45, 2.75) is 6.42 Å². The summed E-state index contributed by atoms with van der Waals surface area (Å²) in [7, 11) is -4.35. The molecule has 0 saturated heterocycles. The van der Waals surface area contributed by atoms with E-state index in [1.54, 1.807) is 12.1 Å². The highest BCUT2D eigenvalue weighted by Gasteiger charge is 2.25. The molecule has 2 aromatic carbocycles. The van der Waals surface area contributed by atoms with Gasteiger partial charge in [0.2, 0.25) is 0 Å². The van der Waals surface area contributed by atoms with Gasteiger partial charge in [0.05, 0.1) is 6.61 Å². The van der Waals surface area contributed by atoms with Crippen molar-refractivity contribution < 1.29 is 28.0 Å². The number of hydrogen-bond donors (Lipinski definition) is 1. The third-order valence-corrected chi connectivity index (χ3v) is 3.86. The zero-order chi connectivity index (χ0) is 17.4. The predicted octanol–water partition coefficient (Wildman–Crippen LogP) is 3.52. The van der Waals surface area contributed by atoms with Gasteiger partial charge in [-0.3, -0.25) is 9.42 Å². The maximum Gasteiger partial charge on any atom is 0.527 e. The van der Waals surface area contributed by atoms with Crippen LogP contribution < -0.4 is 9.26 Å². The Morgan fingerprint density at radius 1 is 1.08 bits per heavy atom. The number of carbonyl (C=O) groups excluding carboxylic acids is 1. The van der Waals surface area contributed by atoms with Crippen molar-refractivity contribution in [3.63, 3.8) is 0 Å². The molecule has 0 aliphatic rings. The lowest BCUT2D eigenvalue weighted by molar-refractivity contribution is -0.129. The SMILES string of the molecule is C=CC(=O)Oc1ccccc1OP(=O)(O)OCCc1ccccc1. The highest BCUT2D eigenvalue weighted by atomic mass is 31.2. The van der Waals surface area contributed by atoms with Crippen LogP contribution in [-0.2, 0) is 20.3 Å². The molecular weight excluding hydrogens is 331 g/mol. The van der Waals surface area contributed by atoms with Gasteiger partial charge in [0.25, 0.3) is 0 Å². The maximum absolute atomic E-state index is 12.0. The Bertz CT molecular complexity index is 744. The summed E-state index contributed by atoms with van der Waals surface area (Å²) in [5.74, 6) is -0.773. The molecule has 126 valence electrons. The molecule has 1 N–H and O–H groups in total. The van der Waals surface area contributed by atoms with Gasteiger partial charge >= 0.3 is 13.8 Å². The largest absolute Gasteiger partial charge is 0.527 e. The van der Waals surface area contributed by atoms with Crippen molar-refractivity contribution in [1.29, 1.82) is 0 Å². The Hall–Kier alpha value is -2.40. The van der Waals surface area contributed by atoms with Gasteiger partial charge in [0.1, 0.15) is 0 Å². The summed E-state index contributed by atoms with van der Waals surface area (Å²) in [6.45, 7) is 3.29. The molecule has 0 saturated carbocycles. The fourth-order valence-corrected chi connectivity index (χ4v) is 2.61. The molecule has 6 nitrogen and oxygen atoms in total. The van der Waals surface area contributed by atoms with E-state index in [1.165, 1.54) is 12.1 Å². The Kier molecular flexibility index (Phi) is 6.32. The first-order chi connectivity index (χ1) is 11.5. The van der Waals surface area contributed by atoms with E-state index in [2.05, 4.69) is 6.58 Å². The molecule has 0 radical (unpaired) electrons. The van der Waals surface area contributed by atoms with E-state index in [-0.39, 0.29) is 18.1 Å². The number of benzene rings is 2. The van der Waals surface area contributed by atoms with Gasteiger partial charge in [-0.05, 0) is 24.1 Å². The first-order valence-corrected chi connectivity index (χ1v) is 8.64. The third-order valence-electron chi connectivity index (χ3n) is 2.93. The fraction of sp³-hybridized carbons (Fsp3) is 0.118. The summed E-state index contributed by atoms with van der Waals surface area (Å²) in [5.41, 5.74) is 0.970. The van der Waals surface area contributed by atoms with E-state index >= 15 is 0 Å². The van der Waals surface area contributed by atoms with Crippen LogP contribution in [0.5, 0.6) is 11.5 Å². The summed E-state index contributed by atoms with van der Waals surface area (Å²) in [4.78, 5) is 21.1. The molecule has 0 amide bonds. The molecule has 1 unspecified atom stereocenters. The average molecular weight is 348 g/mol. The molecule has 7 heteroatoms. The molecule has 0 aliphatic carbocycles. The van der Waals surface area contributed by atoms with Gasteiger partial charge in [-0.2, -0.15) is 0 Å². The lowest BCUT2D eigenvalue weighted by atomic mass is 10.2. The number of phosphoric ester groups is 1. The van der Waals surface area contributed by atoms with Crippen LogP contribution in [0.25, 0.3) is 0 Å². The van der Waals surface area contributed by atoms with Gasteiger partial charge in [-0.25, -0.2) is 9.36 Å². The standard InChI is InChI=1S/C17H17O6P/c1-2-17(18)22-15-10-6-7-11-16(15)23-24(19,20)21-13-12-14-8-4-3-5-9-14/h2-11H,1,12-13H2,(H,19,20). The summed E-state index contributed by atoms with van der Waals surface area (Å²) in [6.07, 6.45) is 1.44. The Morgan fingerprint density at radius 2 is 1.71 bits per heavy atom. The molecule has 24 heavy (non-hydrogen) atoms. The second kappa shape index (κ2) is 8.45. The van der Waals surface area contributed by atoms with Crippen LogP contribution in [0.3, 0.4) is 0 Å². The molecule has 0 aromatic heterocycles. The zero-order valence-electron chi connectivity index (χ0n) is 12.8. The normalized spacial score (nSPS) is 12.9. The van der Waals surface area contributed by atoms with Crippen molar-refractivity contribution in [3.8, 4) is 11.5 Å². The molecule has 0 fully saturated rings. The van der Waals surface area contributed by atoms with E-state index < -0.39 is 13.8 Å². The summed E-state index contributed by atoms with van der Waals surface area (Å²) in [5, 5.41) is 0. The lowest BCUT2D eigenvalue weighted by Gasteiger charge is -2.15. The minimum absolute atomic E-state index is 0.00309. The molecular formula is C17H17O6P. The minimum Gasteiger partial charge on any atom is -0.419 e. The fourth-order valence-electron chi connectivity index (χ4n) is 1.83. The molecule has 1 atom stereocenters. The smallest absolute Gasteiger partial charge is 0.419 e. The number of carbonyl (C=O) groups is 1.